The van der Waals surface area contributed by atoms with Crippen molar-refractivity contribution >= 4 is 28.9 Å². The Morgan fingerprint density at radius 2 is 2.29 bits per heavy atom. The van der Waals surface area contributed by atoms with Gasteiger partial charge in [-0.1, -0.05) is 36.8 Å². The monoisotopic (exact) mass is 286 g/mol. The molecule has 2 rings (SSSR count). The molecule has 0 aliphatic heterocycles. The summed E-state index contributed by atoms with van der Waals surface area (Å²) in [7, 11) is 0. The van der Waals surface area contributed by atoms with Crippen LogP contribution in [0.5, 0.6) is 0 Å². The lowest BCUT2D eigenvalue weighted by Gasteiger charge is -2.21. The molecule has 94 valence electrons. The van der Waals surface area contributed by atoms with Crippen molar-refractivity contribution in [2.24, 2.45) is 11.8 Å². The number of halogens is 2. The van der Waals surface area contributed by atoms with Gasteiger partial charge >= 0.3 is 0 Å². The summed E-state index contributed by atoms with van der Waals surface area (Å²) in [5.41, 5.74) is 4.25. The molecular formula is C14H20Cl2Si. The smallest absolute Gasteiger partial charge is 0.146 e. The molecular weight excluding hydrogens is 267 g/mol. The molecule has 2 bridgehead atoms. The Kier molecular flexibility index (Phi) is 3.91. The number of allylic oxidation sites excluding steroid dienone is 5. The van der Waals surface area contributed by atoms with Crippen molar-refractivity contribution in [3.8, 4) is 0 Å². The first-order valence-electron chi connectivity index (χ1n) is 6.39. The second-order valence-corrected chi connectivity index (χ2v) is 12.9. The molecule has 0 aromatic heterocycles. The lowest BCUT2D eigenvalue weighted by molar-refractivity contribution is 0.667. The fourth-order valence-corrected chi connectivity index (χ4v) is 5.07. The van der Waals surface area contributed by atoms with Gasteiger partial charge in [0, 0.05) is 0 Å². The van der Waals surface area contributed by atoms with Gasteiger partial charge in [0.05, 0.1) is 0 Å². The summed E-state index contributed by atoms with van der Waals surface area (Å²) >= 11 is 12.7. The quantitative estimate of drug-likeness (QED) is 0.369. The molecule has 1 saturated carbocycles. The zero-order valence-electron chi connectivity index (χ0n) is 10.6. The molecule has 0 aromatic rings. The molecule has 0 heterocycles. The number of hydrogen-bond acceptors (Lipinski definition) is 0. The Morgan fingerprint density at radius 3 is 2.76 bits per heavy atom. The molecule has 0 nitrogen and oxygen atoms in total. The van der Waals surface area contributed by atoms with Gasteiger partial charge in [-0.2, -0.15) is 0 Å². The standard InChI is InChI=1S/C14H20Cl2Si/c1-4-11-6-13-7-12(11)8-14(13)10(3)9-17(15,16)5-2/h4,8,12-13H,3,5-7,9H2,1-2H3. The van der Waals surface area contributed by atoms with E-state index < -0.39 is 6.69 Å². The molecule has 0 N–H and O–H groups in total. The van der Waals surface area contributed by atoms with E-state index in [0.29, 0.717) is 11.8 Å². The van der Waals surface area contributed by atoms with Gasteiger partial charge in [0.2, 0.25) is 0 Å². The Labute approximate surface area is 115 Å². The Balaban J connectivity index is 2.07. The molecule has 17 heavy (non-hydrogen) atoms. The third kappa shape index (κ3) is 2.72. The second-order valence-electron chi connectivity index (χ2n) is 5.22. The van der Waals surface area contributed by atoms with E-state index in [1.54, 1.807) is 5.57 Å². The molecule has 0 saturated heterocycles. The fraction of sp³-hybridized carbons (Fsp3) is 0.571. The van der Waals surface area contributed by atoms with Crippen LogP contribution in [0, 0.1) is 11.8 Å². The third-order valence-corrected chi connectivity index (χ3v) is 8.47. The molecule has 0 radical (unpaired) electrons. The van der Waals surface area contributed by atoms with Crippen molar-refractivity contribution in [1.29, 1.82) is 0 Å². The first kappa shape index (κ1) is 13.4. The molecule has 0 aromatic carbocycles. The maximum absolute atomic E-state index is 6.36. The van der Waals surface area contributed by atoms with E-state index in [4.69, 9.17) is 22.2 Å². The highest BCUT2D eigenvalue weighted by atomic mass is 35.7. The van der Waals surface area contributed by atoms with Crippen molar-refractivity contribution in [3.63, 3.8) is 0 Å². The van der Waals surface area contributed by atoms with E-state index in [0.717, 1.165) is 12.1 Å². The summed E-state index contributed by atoms with van der Waals surface area (Å²) in [6.07, 6.45) is 7.17. The van der Waals surface area contributed by atoms with Crippen LogP contribution in [0.25, 0.3) is 0 Å². The van der Waals surface area contributed by atoms with Crippen molar-refractivity contribution in [2.45, 2.75) is 38.8 Å². The largest absolute Gasteiger partial charge is 0.255 e. The molecule has 0 spiro atoms. The average molecular weight is 287 g/mol. The summed E-state index contributed by atoms with van der Waals surface area (Å²) in [4.78, 5) is 0. The van der Waals surface area contributed by atoms with Crippen LogP contribution in [-0.4, -0.2) is 6.69 Å². The number of hydrogen-bond donors (Lipinski definition) is 0. The van der Waals surface area contributed by atoms with Gasteiger partial charge in [-0.25, -0.2) is 0 Å². The van der Waals surface area contributed by atoms with E-state index in [-0.39, 0.29) is 0 Å². The third-order valence-electron chi connectivity index (χ3n) is 4.09. The normalized spacial score (nSPS) is 29.9. The van der Waals surface area contributed by atoms with Crippen LogP contribution in [0.2, 0.25) is 12.1 Å². The van der Waals surface area contributed by atoms with Crippen LogP contribution in [-0.2, 0) is 0 Å². The van der Waals surface area contributed by atoms with Gasteiger partial charge in [0.15, 0.2) is 0 Å². The Morgan fingerprint density at radius 1 is 1.59 bits per heavy atom. The van der Waals surface area contributed by atoms with Crippen LogP contribution in [0.1, 0.15) is 26.7 Å². The molecule has 2 atom stereocenters. The molecule has 2 aliphatic carbocycles. The second kappa shape index (κ2) is 4.95. The van der Waals surface area contributed by atoms with Crippen LogP contribution in [0.3, 0.4) is 0 Å². The summed E-state index contributed by atoms with van der Waals surface area (Å²) in [5, 5.41) is 0. The fourth-order valence-electron chi connectivity index (χ4n) is 3.02. The van der Waals surface area contributed by atoms with Crippen molar-refractivity contribution in [2.75, 3.05) is 0 Å². The summed E-state index contributed by atoms with van der Waals surface area (Å²) in [5.74, 6) is 1.36. The highest BCUT2D eigenvalue weighted by molar-refractivity contribution is 7.45. The molecule has 2 aliphatic rings. The zero-order chi connectivity index (χ0) is 12.6. The molecule has 3 heteroatoms. The number of fused-ring (bicyclic) bond motifs is 2. The van der Waals surface area contributed by atoms with E-state index in [9.17, 15) is 0 Å². The van der Waals surface area contributed by atoms with Gasteiger partial charge in [-0.3, -0.25) is 0 Å². The van der Waals surface area contributed by atoms with Crippen molar-refractivity contribution in [3.05, 3.63) is 35.5 Å². The molecule has 2 unspecified atom stereocenters. The predicted octanol–water partition coefficient (Wildman–Crippen LogP) is 5.39. The minimum atomic E-state index is -2.07. The van der Waals surface area contributed by atoms with Crippen molar-refractivity contribution in [1.82, 2.24) is 0 Å². The van der Waals surface area contributed by atoms with Crippen LogP contribution < -0.4 is 0 Å². The van der Waals surface area contributed by atoms with Gasteiger partial charge in [0.25, 0.3) is 6.69 Å². The highest BCUT2D eigenvalue weighted by Crippen LogP contribution is 2.50. The first-order valence-corrected chi connectivity index (χ1v) is 10.8. The van der Waals surface area contributed by atoms with Gasteiger partial charge < -0.3 is 0 Å². The molecule has 0 amide bonds. The highest BCUT2D eigenvalue weighted by Gasteiger charge is 2.38. The lowest BCUT2D eigenvalue weighted by atomic mass is 9.91. The van der Waals surface area contributed by atoms with Gasteiger partial charge in [0.1, 0.15) is 0 Å². The van der Waals surface area contributed by atoms with Crippen LogP contribution in [0.15, 0.2) is 35.5 Å². The minimum absolute atomic E-state index is 0.667. The Bertz CT molecular complexity index is 393. The predicted molar refractivity (Wildman–Crippen MR) is 79.9 cm³/mol. The van der Waals surface area contributed by atoms with E-state index in [1.807, 2.05) is 0 Å². The van der Waals surface area contributed by atoms with E-state index in [2.05, 4.69) is 32.6 Å². The van der Waals surface area contributed by atoms with Gasteiger partial charge in [-0.15, -0.1) is 22.2 Å². The summed E-state index contributed by atoms with van der Waals surface area (Å²) in [6.45, 7) is 6.37. The van der Waals surface area contributed by atoms with Gasteiger partial charge in [-0.05, 0) is 49.3 Å². The Hall–Kier alpha value is 0.0169. The number of rotatable bonds is 4. The summed E-state index contributed by atoms with van der Waals surface area (Å²) < 4.78 is 0. The SMILES string of the molecule is C=C(C[Si](Cl)(Cl)CC)C1=CC2CC1CC2=CC. The minimum Gasteiger partial charge on any atom is -0.146 e. The first-order chi connectivity index (χ1) is 7.96. The lowest BCUT2D eigenvalue weighted by Crippen LogP contribution is -2.19. The topological polar surface area (TPSA) is 0 Å². The maximum Gasteiger partial charge on any atom is 0.255 e. The zero-order valence-corrected chi connectivity index (χ0v) is 13.1. The van der Waals surface area contributed by atoms with E-state index >= 15 is 0 Å². The van der Waals surface area contributed by atoms with E-state index in [1.165, 1.54) is 24.0 Å². The maximum atomic E-state index is 6.36. The van der Waals surface area contributed by atoms with Crippen LogP contribution >= 0.6 is 22.2 Å². The van der Waals surface area contributed by atoms with Crippen molar-refractivity contribution < 1.29 is 0 Å². The summed E-state index contributed by atoms with van der Waals surface area (Å²) in [6, 6.07) is 1.73. The molecule has 1 fully saturated rings. The van der Waals surface area contributed by atoms with Crippen LogP contribution in [0.4, 0.5) is 0 Å². The average Bonchev–Trinajstić information content (AvgIpc) is 2.87.